The third-order valence-electron chi connectivity index (χ3n) is 1.24. The lowest BCUT2D eigenvalue weighted by Gasteiger charge is -1.97. The maximum Gasteiger partial charge on any atom is 0.0973 e. The van der Waals surface area contributed by atoms with Crippen molar-refractivity contribution in [1.82, 2.24) is 5.32 Å². The second kappa shape index (κ2) is 4.40. The van der Waals surface area contributed by atoms with Gasteiger partial charge in [0.2, 0.25) is 0 Å². The van der Waals surface area contributed by atoms with Gasteiger partial charge < -0.3 is 5.32 Å². The fourth-order valence-corrected chi connectivity index (χ4v) is 1.64. The average molecular weight is 186 g/mol. The zero-order chi connectivity index (χ0) is 8.10. The van der Waals surface area contributed by atoms with Crippen molar-refractivity contribution in [3.8, 4) is 12.3 Å². The van der Waals surface area contributed by atoms with Crippen LogP contribution in [0.2, 0.25) is 4.34 Å². The summed E-state index contributed by atoms with van der Waals surface area (Å²) in [6, 6.07) is 2.00. The van der Waals surface area contributed by atoms with Gasteiger partial charge in [0.15, 0.2) is 0 Å². The second-order valence-corrected chi connectivity index (χ2v) is 3.55. The molecule has 1 aromatic heterocycles. The van der Waals surface area contributed by atoms with Crippen LogP contribution in [0, 0.1) is 12.3 Å². The molecule has 0 fully saturated rings. The third kappa shape index (κ3) is 2.55. The summed E-state index contributed by atoms with van der Waals surface area (Å²) in [6.45, 7) is 1.35. The molecule has 0 spiro atoms. The molecule has 1 heterocycles. The van der Waals surface area contributed by atoms with E-state index in [1.807, 2.05) is 11.4 Å². The summed E-state index contributed by atoms with van der Waals surface area (Å²) < 4.78 is 0.842. The van der Waals surface area contributed by atoms with Crippen molar-refractivity contribution >= 4 is 22.9 Å². The molecular weight excluding hydrogens is 178 g/mol. The van der Waals surface area contributed by atoms with Crippen molar-refractivity contribution < 1.29 is 0 Å². The Labute approximate surface area is 75.4 Å². The zero-order valence-electron chi connectivity index (χ0n) is 5.93. The number of terminal acetylenes is 1. The Morgan fingerprint density at radius 1 is 1.73 bits per heavy atom. The SMILES string of the molecule is C#CCNCc1ccsc1Cl. The van der Waals surface area contributed by atoms with E-state index < -0.39 is 0 Å². The quantitative estimate of drug-likeness (QED) is 0.562. The van der Waals surface area contributed by atoms with Gasteiger partial charge in [-0.1, -0.05) is 17.5 Å². The molecule has 0 amide bonds. The number of hydrogen-bond donors (Lipinski definition) is 1. The summed E-state index contributed by atoms with van der Waals surface area (Å²) in [5.41, 5.74) is 1.12. The molecule has 1 rings (SSSR count). The Balaban J connectivity index is 2.40. The van der Waals surface area contributed by atoms with E-state index in [0.717, 1.165) is 16.4 Å². The maximum absolute atomic E-state index is 5.85. The molecular formula is C8H8ClNS. The van der Waals surface area contributed by atoms with E-state index >= 15 is 0 Å². The standard InChI is InChI=1S/C8H8ClNS/c1-2-4-10-6-7-3-5-11-8(7)9/h1,3,5,10H,4,6H2. The summed E-state index contributed by atoms with van der Waals surface area (Å²) in [4.78, 5) is 0. The number of nitrogens with one attached hydrogen (secondary N) is 1. The Bertz CT molecular complexity index is 261. The van der Waals surface area contributed by atoms with Crippen molar-refractivity contribution in [3.05, 3.63) is 21.3 Å². The van der Waals surface area contributed by atoms with E-state index in [1.54, 1.807) is 0 Å². The highest BCUT2D eigenvalue weighted by molar-refractivity contribution is 7.14. The molecule has 0 saturated heterocycles. The summed E-state index contributed by atoms with van der Waals surface area (Å²) in [5, 5.41) is 5.03. The highest BCUT2D eigenvalue weighted by Gasteiger charge is 1.98. The van der Waals surface area contributed by atoms with E-state index in [-0.39, 0.29) is 0 Å². The van der Waals surface area contributed by atoms with Gasteiger partial charge in [-0.25, -0.2) is 0 Å². The summed E-state index contributed by atoms with van der Waals surface area (Å²) in [5.74, 6) is 2.50. The highest BCUT2D eigenvalue weighted by Crippen LogP contribution is 2.21. The normalized spacial score (nSPS) is 9.45. The fraction of sp³-hybridized carbons (Fsp3) is 0.250. The highest BCUT2D eigenvalue weighted by atomic mass is 35.5. The van der Waals surface area contributed by atoms with Crippen LogP contribution in [-0.2, 0) is 6.54 Å². The minimum Gasteiger partial charge on any atom is -0.302 e. The molecule has 0 aliphatic rings. The molecule has 11 heavy (non-hydrogen) atoms. The lowest BCUT2D eigenvalue weighted by atomic mass is 10.3. The topological polar surface area (TPSA) is 12.0 Å². The van der Waals surface area contributed by atoms with Gasteiger partial charge >= 0.3 is 0 Å². The van der Waals surface area contributed by atoms with Crippen LogP contribution in [0.15, 0.2) is 11.4 Å². The molecule has 0 aliphatic carbocycles. The number of rotatable bonds is 3. The first-order valence-corrected chi connectivity index (χ1v) is 4.46. The monoisotopic (exact) mass is 185 g/mol. The van der Waals surface area contributed by atoms with Gasteiger partial charge in [0.25, 0.3) is 0 Å². The minimum absolute atomic E-state index is 0.589. The second-order valence-electron chi connectivity index (χ2n) is 2.03. The van der Waals surface area contributed by atoms with Crippen molar-refractivity contribution in [2.24, 2.45) is 0 Å². The van der Waals surface area contributed by atoms with E-state index in [9.17, 15) is 0 Å². The first-order chi connectivity index (χ1) is 5.34. The molecule has 0 aliphatic heterocycles. The van der Waals surface area contributed by atoms with Gasteiger partial charge in [0.05, 0.1) is 10.9 Å². The minimum atomic E-state index is 0.589. The Morgan fingerprint density at radius 2 is 2.55 bits per heavy atom. The number of halogens is 1. The van der Waals surface area contributed by atoms with Crippen LogP contribution in [0.4, 0.5) is 0 Å². The maximum atomic E-state index is 5.85. The van der Waals surface area contributed by atoms with Crippen LogP contribution in [0.1, 0.15) is 5.56 Å². The lowest BCUT2D eigenvalue weighted by Crippen LogP contribution is -2.12. The van der Waals surface area contributed by atoms with Gasteiger partial charge in [0, 0.05) is 6.54 Å². The zero-order valence-corrected chi connectivity index (χ0v) is 7.50. The van der Waals surface area contributed by atoms with Gasteiger partial charge in [0.1, 0.15) is 0 Å². The molecule has 0 unspecified atom stereocenters. The fourth-order valence-electron chi connectivity index (χ4n) is 0.715. The molecule has 0 saturated carbocycles. The van der Waals surface area contributed by atoms with Crippen LogP contribution in [0.25, 0.3) is 0 Å². The van der Waals surface area contributed by atoms with E-state index in [2.05, 4.69) is 11.2 Å². The van der Waals surface area contributed by atoms with Crippen molar-refractivity contribution in [2.75, 3.05) is 6.54 Å². The molecule has 3 heteroatoms. The largest absolute Gasteiger partial charge is 0.302 e. The van der Waals surface area contributed by atoms with Crippen LogP contribution in [0.5, 0.6) is 0 Å². The van der Waals surface area contributed by atoms with Crippen molar-refractivity contribution in [2.45, 2.75) is 6.54 Å². The van der Waals surface area contributed by atoms with Crippen LogP contribution < -0.4 is 5.32 Å². The number of hydrogen-bond acceptors (Lipinski definition) is 2. The Morgan fingerprint density at radius 3 is 3.09 bits per heavy atom. The third-order valence-corrected chi connectivity index (χ3v) is 2.49. The molecule has 0 radical (unpaired) electrons. The Hall–Kier alpha value is -0.490. The average Bonchev–Trinajstić information content (AvgIpc) is 2.37. The summed E-state index contributed by atoms with van der Waals surface area (Å²) in [7, 11) is 0. The molecule has 0 atom stereocenters. The van der Waals surface area contributed by atoms with Gasteiger partial charge in [-0.05, 0) is 17.0 Å². The van der Waals surface area contributed by atoms with Crippen molar-refractivity contribution in [1.29, 1.82) is 0 Å². The predicted molar refractivity (Wildman–Crippen MR) is 49.9 cm³/mol. The van der Waals surface area contributed by atoms with Gasteiger partial charge in [-0.2, -0.15) is 0 Å². The molecule has 1 aromatic rings. The van der Waals surface area contributed by atoms with Crippen LogP contribution >= 0.6 is 22.9 Å². The molecule has 0 bridgehead atoms. The van der Waals surface area contributed by atoms with E-state index in [1.165, 1.54) is 11.3 Å². The van der Waals surface area contributed by atoms with E-state index in [4.69, 9.17) is 18.0 Å². The smallest absolute Gasteiger partial charge is 0.0973 e. The number of thiophene rings is 1. The summed E-state index contributed by atoms with van der Waals surface area (Å²) in [6.07, 6.45) is 5.06. The molecule has 58 valence electrons. The first-order valence-electron chi connectivity index (χ1n) is 3.20. The Kier molecular flexibility index (Phi) is 3.44. The predicted octanol–water partition coefficient (Wildman–Crippen LogP) is 2.12. The van der Waals surface area contributed by atoms with Gasteiger partial charge in [-0.3, -0.25) is 0 Å². The summed E-state index contributed by atoms with van der Waals surface area (Å²) >= 11 is 7.38. The van der Waals surface area contributed by atoms with Gasteiger partial charge in [-0.15, -0.1) is 17.8 Å². The van der Waals surface area contributed by atoms with Crippen molar-refractivity contribution in [3.63, 3.8) is 0 Å². The van der Waals surface area contributed by atoms with Crippen LogP contribution in [0.3, 0.4) is 0 Å². The molecule has 1 nitrogen and oxygen atoms in total. The van der Waals surface area contributed by atoms with Crippen LogP contribution in [-0.4, -0.2) is 6.54 Å². The lowest BCUT2D eigenvalue weighted by molar-refractivity contribution is 0.773. The molecule has 1 N–H and O–H groups in total. The molecule has 0 aromatic carbocycles. The first kappa shape index (κ1) is 8.61. The van der Waals surface area contributed by atoms with E-state index in [0.29, 0.717) is 6.54 Å².